The molecule has 1 aromatic heterocycles. The van der Waals surface area contributed by atoms with E-state index in [-0.39, 0.29) is 24.4 Å². The van der Waals surface area contributed by atoms with E-state index in [9.17, 15) is 14.4 Å². The maximum absolute atomic E-state index is 13.0. The maximum atomic E-state index is 13.0. The maximum Gasteiger partial charge on any atom is 0.307 e. The smallest absolute Gasteiger partial charge is 0.307 e. The summed E-state index contributed by atoms with van der Waals surface area (Å²) in [6.07, 6.45) is 0.0397. The first-order chi connectivity index (χ1) is 14.9. The number of thioether (sulfide) groups is 1. The second-order valence-electron chi connectivity index (χ2n) is 7.16. The lowest BCUT2D eigenvalue weighted by Crippen LogP contribution is -2.32. The van der Waals surface area contributed by atoms with E-state index < -0.39 is 11.2 Å². The van der Waals surface area contributed by atoms with Crippen LogP contribution >= 0.6 is 11.8 Å². The lowest BCUT2D eigenvalue weighted by Gasteiger charge is -2.16. The number of amides is 1. The van der Waals surface area contributed by atoms with Gasteiger partial charge in [0.1, 0.15) is 0 Å². The van der Waals surface area contributed by atoms with Crippen LogP contribution < -0.4 is 10.9 Å². The van der Waals surface area contributed by atoms with Crippen molar-refractivity contribution < 1.29 is 14.3 Å². The number of fused-ring (bicyclic) bond motifs is 1. The van der Waals surface area contributed by atoms with Crippen molar-refractivity contribution in [3.8, 4) is 0 Å². The molecule has 0 spiro atoms. The minimum absolute atomic E-state index is 0.0397. The van der Waals surface area contributed by atoms with Crippen LogP contribution in [0.5, 0.6) is 0 Å². The average molecular weight is 440 g/mol. The Kier molecular flexibility index (Phi) is 7.46. The second kappa shape index (κ2) is 10.3. The van der Waals surface area contributed by atoms with Crippen molar-refractivity contribution in [2.45, 2.75) is 43.8 Å². The molecule has 0 saturated carbocycles. The van der Waals surface area contributed by atoms with Crippen molar-refractivity contribution in [1.29, 1.82) is 0 Å². The molecule has 0 saturated heterocycles. The fraction of sp³-hybridized carbons (Fsp3) is 0.304. The Bertz CT molecular complexity index is 1140. The lowest BCUT2D eigenvalue weighted by atomic mass is 10.1. The van der Waals surface area contributed by atoms with Crippen LogP contribution in [0.15, 0.2) is 58.5 Å². The zero-order chi connectivity index (χ0) is 22.4. The predicted molar refractivity (Wildman–Crippen MR) is 121 cm³/mol. The van der Waals surface area contributed by atoms with Gasteiger partial charge in [-0.15, -0.1) is 0 Å². The molecule has 0 bridgehead atoms. The molecule has 1 amide bonds. The van der Waals surface area contributed by atoms with Crippen molar-refractivity contribution in [2.75, 3.05) is 7.11 Å². The summed E-state index contributed by atoms with van der Waals surface area (Å²) in [6.45, 7) is 4.33. The monoisotopic (exact) mass is 439 g/mol. The molecule has 0 aliphatic carbocycles. The SMILES string of the molecule is COC(=O)CCn1c(SC(C)C(=O)NCc2ccc(C)cc2)nc2ccccc2c1=O. The number of nitrogens with zero attached hydrogens (tertiary/aromatic N) is 2. The van der Waals surface area contributed by atoms with Crippen LogP contribution in [-0.4, -0.2) is 33.8 Å². The van der Waals surface area contributed by atoms with Gasteiger partial charge in [-0.1, -0.05) is 53.7 Å². The third kappa shape index (κ3) is 5.73. The normalized spacial score (nSPS) is 11.8. The number of carbonyl (C=O) groups is 2. The predicted octanol–water partition coefficient (Wildman–Crippen LogP) is 3.07. The summed E-state index contributed by atoms with van der Waals surface area (Å²) in [5.41, 5.74) is 2.47. The van der Waals surface area contributed by atoms with E-state index in [0.717, 1.165) is 11.1 Å². The van der Waals surface area contributed by atoms with E-state index in [0.29, 0.717) is 22.6 Å². The number of para-hydroxylation sites is 1. The number of aromatic nitrogens is 2. The van der Waals surface area contributed by atoms with E-state index in [4.69, 9.17) is 4.74 Å². The molecule has 1 atom stereocenters. The topological polar surface area (TPSA) is 90.3 Å². The van der Waals surface area contributed by atoms with Crippen molar-refractivity contribution in [3.63, 3.8) is 0 Å². The van der Waals surface area contributed by atoms with E-state index in [2.05, 4.69) is 10.3 Å². The van der Waals surface area contributed by atoms with Crippen LogP contribution in [-0.2, 0) is 27.4 Å². The van der Waals surface area contributed by atoms with Gasteiger partial charge >= 0.3 is 5.97 Å². The number of ether oxygens (including phenoxy) is 1. The Balaban J connectivity index is 1.79. The van der Waals surface area contributed by atoms with E-state index >= 15 is 0 Å². The van der Waals surface area contributed by atoms with Crippen LogP contribution in [0.4, 0.5) is 0 Å². The standard InChI is InChI=1S/C23H25N3O4S/c1-15-8-10-17(11-9-15)14-24-21(28)16(2)31-23-25-19-7-5-4-6-18(19)22(29)26(23)13-12-20(27)30-3/h4-11,16H,12-14H2,1-3H3,(H,24,28). The van der Waals surface area contributed by atoms with Crippen LogP contribution in [0.3, 0.4) is 0 Å². The highest BCUT2D eigenvalue weighted by Gasteiger charge is 2.20. The van der Waals surface area contributed by atoms with Crippen molar-refractivity contribution in [2.24, 2.45) is 0 Å². The van der Waals surface area contributed by atoms with Crippen molar-refractivity contribution in [3.05, 3.63) is 70.0 Å². The third-order valence-electron chi connectivity index (χ3n) is 4.83. The molecule has 7 nitrogen and oxygen atoms in total. The molecular weight excluding hydrogens is 414 g/mol. The summed E-state index contributed by atoms with van der Waals surface area (Å²) in [5, 5.41) is 3.30. The van der Waals surface area contributed by atoms with Crippen molar-refractivity contribution in [1.82, 2.24) is 14.9 Å². The first-order valence-electron chi connectivity index (χ1n) is 9.95. The van der Waals surface area contributed by atoms with Crippen LogP contribution in [0.25, 0.3) is 10.9 Å². The number of rotatable bonds is 8. The molecule has 31 heavy (non-hydrogen) atoms. The average Bonchev–Trinajstić information content (AvgIpc) is 2.78. The number of carbonyl (C=O) groups excluding carboxylic acids is 2. The number of hydrogen-bond acceptors (Lipinski definition) is 6. The number of benzene rings is 2. The molecule has 162 valence electrons. The first kappa shape index (κ1) is 22.6. The van der Waals surface area contributed by atoms with Gasteiger partial charge in [0.25, 0.3) is 5.56 Å². The van der Waals surface area contributed by atoms with E-state index in [1.165, 1.54) is 23.4 Å². The van der Waals surface area contributed by atoms with Gasteiger partial charge in [0.05, 0.1) is 29.7 Å². The Morgan fingerprint density at radius 2 is 1.87 bits per heavy atom. The molecular formula is C23H25N3O4S. The molecule has 2 aromatic carbocycles. The van der Waals surface area contributed by atoms with E-state index in [1.807, 2.05) is 31.2 Å². The molecule has 0 radical (unpaired) electrons. The molecule has 3 rings (SSSR count). The van der Waals surface area contributed by atoms with Gasteiger partial charge in [0.2, 0.25) is 5.91 Å². The Morgan fingerprint density at radius 3 is 2.58 bits per heavy atom. The summed E-state index contributed by atoms with van der Waals surface area (Å²) >= 11 is 1.19. The highest BCUT2D eigenvalue weighted by Crippen LogP contribution is 2.23. The minimum Gasteiger partial charge on any atom is -0.469 e. The van der Waals surface area contributed by atoms with Gasteiger partial charge < -0.3 is 10.1 Å². The Hall–Kier alpha value is -3.13. The van der Waals surface area contributed by atoms with Gasteiger partial charge in [0.15, 0.2) is 5.16 Å². The third-order valence-corrected chi connectivity index (χ3v) is 5.92. The Morgan fingerprint density at radius 1 is 1.16 bits per heavy atom. The number of nitrogens with one attached hydrogen (secondary N) is 1. The van der Waals surface area contributed by atoms with Crippen molar-refractivity contribution >= 4 is 34.5 Å². The van der Waals surface area contributed by atoms with Crippen LogP contribution in [0, 0.1) is 6.92 Å². The molecule has 1 heterocycles. The summed E-state index contributed by atoms with van der Waals surface area (Å²) in [4.78, 5) is 41.8. The van der Waals surface area contributed by atoms with Crippen LogP contribution in [0.2, 0.25) is 0 Å². The number of hydrogen-bond donors (Lipinski definition) is 1. The summed E-state index contributed by atoms with van der Waals surface area (Å²) in [6, 6.07) is 15.0. The zero-order valence-electron chi connectivity index (χ0n) is 17.8. The molecule has 1 unspecified atom stereocenters. The molecule has 1 N–H and O–H groups in total. The molecule has 0 aliphatic heterocycles. The molecule has 0 aliphatic rings. The molecule has 0 fully saturated rings. The fourth-order valence-corrected chi connectivity index (χ4v) is 3.95. The number of esters is 1. The second-order valence-corrected chi connectivity index (χ2v) is 8.47. The van der Waals surface area contributed by atoms with Gasteiger partial charge in [-0.05, 0) is 31.5 Å². The fourth-order valence-electron chi connectivity index (χ4n) is 2.99. The summed E-state index contributed by atoms with van der Waals surface area (Å²) in [7, 11) is 1.31. The number of methoxy groups -OCH3 is 1. The summed E-state index contributed by atoms with van der Waals surface area (Å²) < 4.78 is 6.13. The van der Waals surface area contributed by atoms with Gasteiger partial charge in [0, 0.05) is 13.1 Å². The van der Waals surface area contributed by atoms with Gasteiger partial charge in [-0.2, -0.15) is 0 Å². The lowest BCUT2D eigenvalue weighted by molar-refractivity contribution is -0.140. The van der Waals surface area contributed by atoms with Gasteiger partial charge in [-0.25, -0.2) is 4.98 Å². The van der Waals surface area contributed by atoms with E-state index in [1.54, 1.807) is 31.2 Å². The first-order valence-corrected chi connectivity index (χ1v) is 10.8. The Labute approximate surface area is 184 Å². The number of aryl methyl sites for hydroxylation is 1. The summed E-state index contributed by atoms with van der Waals surface area (Å²) in [5.74, 6) is -0.576. The molecule has 8 heteroatoms. The largest absolute Gasteiger partial charge is 0.469 e. The van der Waals surface area contributed by atoms with Gasteiger partial charge in [-0.3, -0.25) is 19.0 Å². The minimum atomic E-state index is -0.483. The highest BCUT2D eigenvalue weighted by atomic mass is 32.2. The molecule has 3 aromatic rings. The van der Waals surface area contributed by atoms with Crippen LogP contribution in [0.1, 0.15) is 24.5 Å². The zero-order valence-corrected chi connectivity index (χ0v) is 18.6. The highest BCUT2D eigenvalue weighted by molar-refractivity contribution is 8.00. The quantitative estimate of drug-likeness (QED) is 0.330.